The zero-order chi connectivity index (χ0) is 25.2. The molecule has 35 heavy (non-hydrogen) atoms. The van der Waals surface area contributed by atoms with Gasteiger partial charge in [-0.25, -0.2) is 0 Å². The fourth-order valence-corrected chi connectivity index (χ4v) is 5.17. The lowest BCUT2D eigenvalue weighted by Gasteiger charge is -2.37. The number of thiophene rings is 1. The van der Waals surface area contributed by atoms with Crippen LogP contribution in [0.2, 0.25) is 0 Å². The van der Waals surface area contributed by atoms with Crippen LogP contribution in [-0.4, -0.2) is 80.0 Å². The van der Waals surface area contributed by atoms with Crippen LogP contribution in [0.15, 0.2) is 48.4 Å². The van der Waals surface area contributed by atoms with E-state index in [-0.39, 0.29) is 25.1 Å². The number of hydrogen-bond acceptors (Lipinski definition) is 7. The molecular formula is C27H38N2O5S. The van der Waals surface area contributed by atoms with Gasteiger partial charge in [-0.2, -0.15) is 0 Å². The molecule has 2 heterocycles. The molecule has 1 aliphatic heterocycles. The second kappa shape index (κ2) is 13.6. The third-order valence-corrected chi connectivity index (χ3v) is 6.85. The van der Waals surface area contributed by atoms with Crippen LogP contribution in [0.3, 0.4) is 0 Å². The standard InChI is InChI=1S/C27H38N2O5S/c1-5-12-28(15-21(30)18-33-17-20(2)3)16-27(31)29-13-10-26-22(11-14-35-26)23(29)19-34-25-9-7-6-8-24(25)32-4/h5-9,11,14,20-21,23,30H,1,10,12-13,15-19H2,2-4H3/t21-,23-/m1/s1. The molecular weight excluding hydrogens is 464 g/mol. The summed E-state index contributed by atoms with van der Waals surface area (Å²) in [5.74, 6) is 1.73. The van der Waals surface area contributed by atoms with Crippen molar-refractivity contribution in [3.05, 3.63) is 58.8 Å². The summed E-state index contributed by atoms with van der Waals surface area (Å²) >= 11 is 1.72. The number of carbonyl (C=O) groups is 1. The molecule has 0 spiro atoms. The zero-order valence-electron chi connectivity index (χ0n) is 21.0. The SMILES string of the molecule is C=CCN(CC(=O)N1CCc2sccc2[C@H]1COc1ccccc1OC)C[C@@H](O)COCC(C)C. The molecule has 1 amide bonds. The number of aliphatic hydroxyl groups is 1. The summed E-state index contributed by atoms with van der Waals surface area (Å²) in [6.45, 7) is 10.8. The highest BCUT2D eigenvalue weighted by Crippen LogP contribution is 2.35. The van der Waals surface area contributed by atoms with E-state index >= 15 is 0 Å². The zero-order valence-corrected chi connectivity index (χ0v) is 21.8. The Morgan fingerprint density at radius 1 is 1.29 bits per heavy atom. The summed E-state index contributed by atoms with van der Waals surface area (Å²) in [6, 6.07) is 9.44. The van der Waals surface area contributed by atoms with Crippen molar-refractivity contribution in [2.24, 2.45) is 5.92 Å². The average molecular weight is 503 g/mol. The van der Waals surface area contributed by atoms with Crippen LogP contribution in [-0.2, 0) is 16.0 Å². The number of carbonyl (C=O) groups excluding carboxylic acids is 1. The Balaban J connectivity index is 1.67. The molecule has 192 valence electrons. The Morgan fingerprint density at radius 3 is 2.77 bits per heavy atom. The van der Waals surface area contributed by atoms with E-state index in [2.05, 4.69) is 31.9 Å². The summed E-state index contributed by atoms with van der Waals surface area (Å²) in [5, 5.41) is 12.5. The second-order valence-corrected chi connectivity index (χ2v) is 10.2. The number of aliphatic hydroxyl groups excluding tert-OH is 1. The van der Waals surface area contributed by atoms with Crippen molar-refractivity contribution in [1.29, 1.82) is 0 Å². The molecule has 0 saturated carbocycles. The van der Waals surface area contributed by atoms with Crippen molar-refractivity contribution in [3.63, 3.8) is 0 Å². The van der Waals surface area contributed by atoms with Gasteiger partial charge in [-0.1, -0.05) is 32.1 Å². The summed E-state index contributed by atoms with van der Waals surface area (Å²) in [6.07, 6.45) is 1.91. The summed E-state index contributed by atoms with van der Waals surface area (Å²) in [5.41, 5.74) is 1.14. The molecule has 3 rings (SSSR count). The highest BCUT2D eigenvalue weighted by atomic mass is 32.1. The van der Waals surface area contributed by atoms with E-state index in [1.54, 1.807) is 24.5 Å². The normalized spacial score (nSPS) is 16.3. The first kappa shape index (κ1) is 27.2. The molecule has 0 saturated heterocycles. The van der Waals surface area contributed by atoms with Crippen LogP contribution in [0.25, 0.3) is 0 Å². The number of fused-ring (bicyclic) bond motifs is 1. The highest BCUT2D eigenvalue weighted by Gasteiger charge is 2.33. The molecule has 1 aliphatic rings. The lowest BCUT2D eigenvalue weighted by molar-refractivity contribution is -0.136. The lowest BCUT2D eigenvalue weighted by atomic mass is 10.0. The molecule has 7 nitrogen and oxygen atoms in total. The third kappa shape index (κ3) is 7.80. The first-order chi connectivity index (χ1) is 16.9. The summed E-state index contributed by atoms with van der Waals surface area (Å²) < 4.78 is 17.1. The maximum absolute atomic E-state index is 13.5. The minimum atomic E-state index is -0.670. The molecule has 2 aromatic rings. The van der Waals surface area contributed by atoms with Crippen LogP contribution in [0.4, 0.5) is 0 Å². The predicted molar refractivity (Wildman–Crippen MR) is 139 cm³/mol. The number of ether oxygens (including phenoxy) is 3. The molecule has 1 N–H and O–H groups in total. The highest BCUT2D eigenvalue weighted by molar-refractivity contribution is 7.10. The minimum Gasteiger partial charge on any atom is -0.493 e. The Hall–Kier alpha value is -2.39. The molecule has 1 aromatic carbocycles. The molecule has 2 atom stereocenters. The molecule has 1 aromatic heterocycles. The van der Waals surface area contributed by atoms with Crippen molar-refractivity contribution < 1.29 is 24.1 Å². The largest absolute Gasteiger partial charge is 0.493 e. The van der Waals surface area contributed by atoms with Crippen molar-refractivity contribution in [2.45, 2.75) is 32.4 Å². The number of rotatable bonds is 14. The van der Waals surface area contributed by atoms with Crippen LogP contribution in [0, 0.1) is 5.92 Å². The molecule has 0 fully saturated rings. The topological polar surface area (TPSA) is 71.5 Å². The van der Waals surface area contributed by atoms with E-state index in [9.17, 15) is 9.90 Å². The fraction of sp³-hybridized carbons (Fsp3) is 0.519. The Morgan fingerprint density at radius 2 is 2.06 bits per heavy atom. The van der Waals surface area contributed by atoms with Crippen molar-refractivity contribution >= 4 is 17.2 Å². The lowest BCUT2D eigenvalue weighted by Crippen LogP contribution is -2.48. The number of methoxy groups -OCH3 is 1. The Bertz CT molecular complexity index is 947. The van der Waals surface area contributed by atoms with Gasteiger partial charge in [-0.05, 0) is 41.5 Å². The van der Waals surface area contributed by atoms with Gasteiger partial charge in [0.2, 0.25) is 5.91 Å². The maximum atomic E-state index is 13.5. The number of hydrogen-bond donors (Lipinski definition) is 1. The van der Waals surface area contributed by atoms with Gasteiger partial charge in [0.25, 0.3) is 0 Å². The van der Waals surface area contributed by atoms with Crippen molar-refractivity contribution in [1.82, 2.24) is 9.80 Å². The van der Waals surface area contributed by atoms with Gasteiger partial charge in [0, 0.05) is 31.1 Å². The van der Waals surface area contributed by atoms with E-state index in [1.807, 2.05) is 34.1 Å². The summed E-state index contributed by atoms with van der Waals surface area (Å²) in [4.78, 5) is 18.6. The number of benzene rings is 1. The third-order valence-electron chi connectivity index (χ3n) is 5.86. The van der Waals surface area contributed by atoms with E-state index < -0.39 is 6.10 Å². The van der Waals surface area contributed by atoms with Gasteiger partial charge in [-0.15, -0.1) is 17.9 Å². The first-order valence-corrected chi connectivity index (χ1v) is 13.0. The van der Waals surface area contributed by atoms with E-state index in [4.69, 9.17) is 14.2 Å². The van der Waals surface area contributed by atoms with Crippen molar-refractivity contribution in [2.75, 3.05) is 53.1 Å². The van der Waals surface area contributed by atoms with E-state index in [1.165, 1.54) is 4.88 Å². The molecule has 0 radical (unpaired) electrons. The number of para-hydroxylation sites is 2. The van der Waals surface area contributed by atoms with Gasteiger partial charge in [0.05, 0.1) is 32.4 Å². The van der Waals surface area contributed by atoms with Gasteiger partial charge in [0.15, 0.2) is 11.5 Å². The first-order valence-electron chi connectivity index (χ1n) is 12.1. The molecule has 8 heteroatoms. The Kier molecular flexibility index (Phi) is 10.6. The fourth-order valence-electron chi connectivity index (χ4n) is 4.24. The predicted octanol–water partition coefficient (Wildman–Crippen LogP) is 3.78. The molecule has 0 aliphatic carbocycles. The summed E-state index contributed by atoms with van der Waals surface area (Å²) in [7, 11) is 1.62. The van der Waals surface area contributed by atoms with Gasteiger partial charge in [0.1, 0.15) is 6.61 Å². The average Bonchev–Trinajstić information content (AvgIpc) is 3.31. The molecule has 0 bridgehead atoms. The van der Waals surface area contributed by atoms with Crippen LogP contribution < -0.4 is 9.47 Å². The smallest absolute Gasteiger partial charge is 0.237 e. The van der Waals surface area contributed by atoms with E-state index in [0.717, 1.165) is 12.0 Å². The maximum Gasteiger partial charge on any atom is 0.237 e. The quantitative estimate of drug-likeness (QED) is 0.397. The number of amides is 1. The Labute approximate surface area is 212 Å². The molecule has 0 unspecified atom stereocenters. The van der Waals surface area contributed by atoms with Crippen LogP contribution in [0.1, 0.15) is 30.3 Å². The minimum absolute atomic E-state index is 0.00706. The monoisotopic (exact) mass is 502 g/mol. The van der Waals surface area contributed by atoms with Crippen LogP contribution >= 0.6 is 11.3 Å². The number of nitrogens with zero attached hydrogens (tertiary/aromatic N) is 2. The van der Waals surface area contributed by atoms with E-state index in [0.29, 0.717) is 50.3 Å². The van der Waals surface area contributed by atoms with Gasteiger partial charge < -0.3 is 24.2 Å². The van der Waals surface area contributed by atoms with Gasteiger partial charge >= 0.3 is 0 Å². The van der Waals surface area contributed by atoms with Gasteiger partial charge in [-0.3, -0.25) is 9.69 Å². The van der Waals surface area contributed by atoms with Crippen molar-refractivity contribution in [3.8, 4) is 11.5 Å². The second-order valence-electron chi connectivity index (χ2n) is 9.18. The van der Waals surface area contributed by atoms with Crippen LogP contribution in [0.5, 0.6) is 11.5 Å².